The monoisotopic (exact) mass is 1610 g/mol. The van der Waals surface area contributed by atoms with Gasteiger partial charge < -0.3 is 54.6 Å². The Balaban J connectivity index is 0.000000231. The smallest absolute Gasteiger partial charge is 0.397 e. The van der Waals surface area contributed by atoms with Gasteiger partial charge in [0.15, 0.2) is 37.0 Å². The van der Waals surface area contributed by atoms with Gasteiger partial charge >= 0.3 is 65.5 Å². The Morgan fingerprint density at radius 3 is 1.27 bits per heavy atom. The molecule has 2 spiro atoms. The molecule has 10 N–H and O–H groups in total. The van der Waals surface area contributed by atoms with Crippen molar-refractivity contribution in [1.29, 1.82) is 0 Å². The third-order valence-electron chi connectivity index (χ3n) is 24.6. The Morgan fingerprint density at radius 2 is 0.915 bits per heavy atom. The number of aliphatic hydroxyl groups is 2. The molecular formula is C67H99NO33S5. The highest BCUT2D eigenvalue weighted by atomic mass is 32.3. The zero-order chi connectivity index (χ0) is 78.3. The van der Waals surface area contributed by atoms with Crippen LogP contribution in [0.3, 0.4) is 0 Å². The molecular weight excluding hydrogens is 1510 g/mol. The Labute approximate surface area is 617 Å². The number of benzene rings is 1. The summed E-state index contributed by atoms with van der Waals surface area (Å²) in [5, 5.41) is 44.0. The van der Waals surface area contributed by atoms with Crippen LogP contribution in [0, 0.1) is 87.8 Å². The van der Waals surface area contributed by atoms with Gasteiger partial charge in [0.2, 0.25) is 0 Å². The van der Waals surface area contributed by atoms with E-state index in [0.717, 1.165) is 36.8 Å². The van der Waals surface area contributed by atoms with E-state index >= 15 is 0 Å². The Hall–Kier alpha value is -4.31. The summed E-state index contributed by atoms with van der Waals surface area (Å²) < 4.78 is 222. The van der Waals surface area contributed by atoms with Crippen molar-refractivity contribution in [3.8, 4) is 0 Å². The van der Waals surface area contributed by atoms with Crippen LogP contribution in [0.5, 0.6) is 0 Å². The number of carbonyl (C=O) groups excluding carboxylic acids is 2. The first kappa shape index (κ1) is 84.1. The summed E-state index contributed by atoms with van der Waals surface area (Å²) in [5.41, 5.74) is 5.77. The fourth-order valence-corrected chi connectivity index (χ4v) is 23.6. The van der Waals surface area contributed by atoms with Crippen molar-refractivity contribution in [2.75, 3.05) is 13.2 Å². The van der Waals surface area contributed by atoms with E-state index in [4.69, 9.17) is 50.9 Å². The molecule has 20 unspecified atom stereocenters. The van der Waals surface area contributed by atoms with Crippen LogP contribution in [-0.4, -0.2) is 204 Å². The molecule has 600 valence electrons. The number of ether oxygens (including phenoxy) is 6. The zero-order valence-corrected chi connectivity index (χ0v) is 63.8. The van der Waals surface area contributed by atoms with Crippen LogP contribution in [0.2, 0.25) is 0 Å². The van der Waals surface area contributed by atoms with Crippen molar-refractivity contribution in [2.24, 2.45) is 86.6 Å². The summed E-state index contributed by atoms with van der Waals surface area (Å²) in [7, 11) is -26.4. The van der Waals surface area contributed by atoms with Gasteiger partial charge in [0, 0.05) is 30.2 Å². The van der Waals surface area contributed by atoms with Gasteiger partial charge in [-0.3, -0.25) is 41.6 Å². The number of hydrogen-bond donors (Lipinski definition) is 9. The van der Waals surface area contributed by atoms with Gasteiger partial charge in [-0.2, -0.15) is 42.1 Å². The van der Waals surface area contributed by atoms with Crippen molar-refractivity contribution >= 4 is 75.6 Å². The Bertz CT molecular complexity index is 4070. The second-order valence-electron chi connectivity index (χ2n) is 32.0. The van der Waals surface area contributed by atoms with E-state index in [0.29, 0.717) is 50.5 Å². The van der Waals surface area contributed by atoms with E-state index in [2.05, 4.69) is 17.3 Å². The van der Waals surface area contributed by atoms with Crippen molar-refractivity contribution < 1.29 is 149 Å². The largest absolute Gasteiger partial charge is 0.481 e. The highest BCUT2D eigenvalue weighted by molar-refractivity contribution is 7.86. The van der Waals surface area contributed by atoms with Crippen LogP contribution >= 0.6 is 0 Å². The molecule has 0 amide bonds. The standard InChI is InChI=1S/C37H52O18S3.C30H47NO15S2/c1-19(2)14-29(38)53-32-31(55-58(47,48)49)30(54-57(44,45)46)27(18-50-56(42,43)24-9-6-20(3)7-10-24)52-35(32)51-23-15-25(34(40)41)26-12-13-37-16-22(21(4)33(37)39)8-11-28(37)36(26,5)17-23;1-14(2)9-22(32)44-25-24(46-48(39,40)41)23(45-47(36,37)38)20(13-31)43-28(25)42-17-10-18(27(34)35)19-7-8-30-11-16(15(3)26(30)33)5-6-21(30)29(19,4)12-17/h6-7,9-10,19,22-23,25-28,30-33,35,39H,4,8,11-18H2,1-3,5H3,(H,40,41)(H,44,45,46)(H,47,48,49);14,16-21,23-26,28,33H,3,5-13,31H2,1-2,4H3,(H,34,35)(H,36,37,38)(H,39,40,41)/t22?,23?,25?,26?,27-,28?,30+,31?,32?,33-,35?,36?,37?;16?,17?,18?,19?,20-,21?,23+,24?,25?,26-,28?,29?,30?/m00/s1. The Kier molecular flexibility index (Phi) is 24.9. The number of nitrogens with two attached hydrogens (primary N) is 1. The topological polar surface area (TPSA) is 528 Å². The highest BCUT2D eigenvalue weighted by Crippen LogP contribution is 2.73. The number of hydrogen-bond acceptors (Lipinski definition) is 28. The molecule has 0 radical (unpaired) electrons. The second-order valence-corrected chi connectivity index (χ2v) is 37.8. The van der Waals surface area contributed by atoms with E-state index in [9.17, 15) is 99.9 Å². The van der Waals surface area contributed by atoms with Crippen molar-refractivity contribution in [3.63, 3.8) is 0 Å². The molecule has 1 aromatic carbocycles. The van der Waals surface area contributed by atoms with E-state index in [-0.39, 0.29) is 84.3 Å². The lowest BCUT2D eigenvalue weighted by molar-refractivity contribution is -0.315. The molecule has 10 aliphatic rings. The number of fused-ring (bicyclic) bond motifs is 6. The maximum absolute atomic E-state index is 13.2. The van der Waals surface area contributed by atoms with E-state index < -0.39 is 208 Å². The molecule has 2 saturated heterocycles. The molecule has 26 atom stereocenters. The summed E-state index contributed by atoms with van der Waals surface area (Å²) in [6, 6.07) is 5.43. The second kappa shape index (κ2) is 31.3. The maximum atomic E-state index is 13.2. The molecule has 39 heteroatoms. The molecule has 2 heterocycles. The Morgan fingerprint density at radius 1 is 0.547 bits per heavy atom. The molecule has 8 aliphatic carbocycles. The fraction of sp³-hybridized carbons (Fsp3) is 0.791. The quantitative estimate of drug-likeness (QED) is 0.0204. The first-order valence-corrected chi connectivity index (χ1v) is 42.4. The number of rotatable bonds is 25. The van der Waals surface area contributed by atoms with Gasteiger partial charge in [-0.25, -0.2) is 16.7 Å². The molecule has 11 rings (SSSR count). The van der Waals surface area contributed by atoms with Crippen LogP contribution in [0.25, 0.3) is 0 Å². The molecule has 1 aromatic rings. The van der Waals surface area contributed by atoms with Crippen molar-refractivity contribution in [2.45, 2.75) is 242 Å². The van der Waals surface area contributed by atoms with Gasteiger partial charge in [-0.1, -0.05) is 72.4 Å². The van der Waals surface area contributed by atoms with Crippen LogP contribution in [0.15, 0.2) is 53.5 Å². The van der Waals surface area contributed by atoms with Crippen LogP contribution in [-0.2, 0) is 120 Å². The number of carbonyl (C=O) groups is 4. The van der Waals surface area contributed by atoms with Gasteiger partial charge in [0.05, 0.1) is 47.8 Å². The van der Waals surface area contributed by atoms with E-state index in [1.54, 1.807) is 34.6 Å². The summed E-state index contributed by atoms with van der Waals surface area (Å²) in [6.07, 6.45) is -16.7. The molecule has 8 saturated carbocycles. The lowest BCUT2D eigenvalue weighted by Crippen LogP contribution is -2.64. The minimum absolute atomic E-state index is 0.0157. The summed E-state index contributed by atoms with van der Waals surface area (Å²) >= 11 is 0. The molecule has 0 aromatic heterocycles. The average molecular weight is 1610 g/mol. The lowest BCUT2D eigenvalue weighted by atomic mass is 9.43. The molecule has 106 heavy (non-hydrogen) atoms. The molecule has 2 aliphatic heterocycles. The first-order chi connectivity index (χ1) is 49.0. The lowest BCUT2D eigenvalue weighted by Gasteiger charge is -2.62. The van der Waals surface area contributed by atoms with Gasteiger partial charge in [-0.15, -0.1) is 0 Å². The van der Waals surface area contributed by atoms with Gasteiger partial charge in [0.1, 0.15) is 24.4 Å². The van der Waals surface area contributed by atoms with Crippen molar-refractivity contribution in [1.82, 2.24) is 0 Å². The third-order valence-corrected chi connectivity index (χ3v) is 27.7. The summed E-state index contributed by atoms with van der Waals surface area (Å²) in [4.78, 5) is 51.6. The SMILES string of the molecule is C=C1C2CCC3C4(C)CC(OC5O[C@@H](CN)[C@@H](OS(=O)(=O)O)C(OS(=O)(=O)O)C5OC(=O)CC(C)C)CC(C(=O)O)C4CCC3(C2)[C@H]1O.C=C1C2CCC3C4(C)CC(OC5O[C@@H](COS(=O)(=O)c6ccc(C)cc6)[C@@H](OS(=O)(=O)O)C(OS(=O)(=O)O)C5OC(=O)CC(C)C)CC(C(=O)O)C4CCC3(C2)[C@H]1O. The third kappa shape index (κ3) is 17.8. The van der Waals surface area contributed by atoms with Crippen LogP contribution in [0.1, 0.15) is 150 Å². The van der Waals surface area contributed by atoms with E-state index in [1.807, 2.05) is 13.8 Å². The molecule has 10 fully saturated rings. The predicted octanol–water partition coefficient (Wildman–Crippen LogP) is 5.02. The molecule has 4 bridgehead atoms. The van der Waals surface area contributed by atoms with Crippen molar-refractivity contribution in [3.05, 3.63) is 54.1 Å². The van der Waals surface area contributed by atoms with Gasteiger partial charge in [-0.05, 0) is 178 Å². The minimum atomic E-state index is -5.58. The predicted molar refractivity (Wildman–Crippen MR) is 364 cm³/mol. The van der Waals surface area contributed by atoms with Crippen LogP contribution < -0.4 is 5.73 Å². The number of aliphatic hydroxyl groups excluding tert-OH is 2. The number of esters is 2. The summed E-state index contributed by atoms with van der Waals surface area (Å²) in [5.74, 6) is -6.82. The number of aliphatic carboxylic acids is 2. The number of carboxylic acids is 2. The maximum Gasteiger partial charge on any atom is 0.397 e. The number of carboxylic acid groups (broad SMARTS) is 2. The van der Waals surface area contributed by atoms with Gasteiger partial charge in [0.25, 0.3) is 10.1 Å². The minimum Gasteiger partial charge on any atom is -0.481 e. The van der Waals surface area contributed by atoms with Crippen LogP contribution in [0.4, 0.5) is 0 Å². The normalized spacial score (nSPS) is 40.2. The van der Waals surface area contributed by atoms with E-state index in [1.165, 1.54) is 24.3 Å². The number of aryl methyl sites for hydroxylation is 1. The average Bonchev–Trinajstić information content (AvgIpc) is 1.48. The first-order valence-electron chi connectivity index (χ1n) is 35.5. The zero-order valence-electron chi connectivity index (χ0n) is 59.7. The molecule has 34 nitrogen and oxygen atoms in total. The fourth-order valence-electron chi connectivity index (χ4n) is 20.6. The summed E-state index contributed by atoms with van der Waals surface area (Å²) in [6.45, 7) is 19.2. The highest BCUT2D eigenvalue weighted by Gasteiger charge is 2.70.